The number of benzene rings is 1. The van der Waals surface area contributed by atoms with Gasteiger partial charge in [-0.3, -0.25) is 4.79 Å². The van der Waals surface area contributed by atoms with Crippen LogP contribution in [-0.2, 0) is 11.2 Å². The van der Waals surface area contributed by atoms with Gasteiger partial charge < -0.3 is 10.6 Å². The van der Waals surface area contributed by atoms with Crippen LogP contribution in [0, 0.1) is 0 Å². The van der Waals surface area contributed by atoms with Gasteiger partial charge in [-0.25, -0.2) is 0 Å². The molecule has 2 unspecified atom stereocenters. The van der Waals surface area contributed by atoms with Gasteiger partial charge in [0.25, 0.3) is 0 Å². The Morgan fingerprint density at radius 1 is 1.35 bits per heavy atom. The minimum absolute atomic E-state index is 0.210. The molecule has 0 aliphatic heterocycles. The molecule has 1 saturated carbocycles. The number of thioether (sulfide) groups is 1. The average Bonchev–Trinajstić information content (AvgIpc) is 2.89. The Bertz CT molecular complexity index is 446. The summed E-state index contributed by atoms with van der Waals surface area (Å²) in [6, 6.07) is 8.00. The maximum atomic E-state index is 12.3. The average molecular weight is 292 g/mol. The van der Waals surface area contributed by atoms with Crippen molar-refractivity contribution in [3.05, 3.63) is 29.8 Å². The number of amides is 1. The Labute approximate surface area is 125 Å². The number of nitrogens with zero attached hydrogens (tertiary/aromatic N) is 1. The van der Waals surface area contributed by atoms with E-state index in [0.717, 1.165) is 29.3 Å². The molecule has 2 rings (SSSR count). The lowest BCUT2D eigenvalue weighted by Gasteiger charge is -2.25. The van der Waals surface area contributed by atoms with Crippen LogP contribution in [-0.4, -0.2) is 34.9 Å². The number of hydrogen-bond donors (Lipinski definition) is 1. The molecule has 1 aromatic rings. The minimum atomic E-state index is 0.210. The molecule has 0 bridgehead atoms. The fourth-order valence-corrected chi connectivity index (χ4v) is 3.93. The second-order valence-corrected chi connectivity index (χ2v) is 7.04. The Morgan fingerprint density at radius 3 is 2.70 bits per heavy atom. The Hall–Kier alpha value is -1.16. The molecule has 0 spiro atoms. The Balaban J connectivity index is 1.87. The van der Waals surface area contributed by atoms with Crippen LogP contribution >= 0.6 is 11.8 Å². The topological polar surface area (TPSA) is 46.3 Å². The van der Waals surface area contributed by atoms with Crippen molar-refractivity contribution in [3.8, 4) is 0 Å². The first-order valence-electron chi connectivity index (χ1n) is 7.31. The molecule has 1 aromatic carbocycles. The first-order valence-corrected chi connectivity index (χ1v) is 8.36. The molecule has 3 nitrogen and oxygen atoms in total. The van der Waals surface area contributed by atoms with Gasteiger partial charge in [-0.15, -0.1) is 0 Å². The second kappa shape index (κ2) is 7.02. The van der Waals surface area contributed by atoms with Crippen LogP contribution < -0.4 is 5.73 Å². The van der Waals surface area contributed by atoms with Gasteiger partial charge in [-0.05, 0) is 42.7 Å². The van der Waals surface area contributed by atoms with Crippen molar-refractivity contribution in [2.75, 3.05) is 18.5 Å². The molecule has 110 valence electrons. The van der Waals surface area contributed by atoms with E-state index in [-0.39, 0.29) is 5.91 Å². The summed E-state index contributed by atoms with van der Waals surface area (Å²) in [4.78, 5) is 14.3. The fraction of sp³-hybridized carbons (Fsp3) is 0.562. The van der Waals surface area contributed by atoms with Crippen molar-refractivity contribution in [1.29, 1.82) is 0 Å². The predicted molar refractivity (Wildman–Crippen MR) is 86.9 cm³/mol. The monoisotopic (exact) mass is 292 g/mol. The molecule has 1 aliphatic rings. The molecule has 1 aliphatic carbocycles. The van der Waals surface area contributed by atoms with Crippen molar-refractivity contribution in [3.63, 3.8) is 0 Å². The fourth-order valence-electron chi connectivity index (χ4n) is 2.79. The normalized spacial score (nSPS) is 21.9. The number of likely N-dealkylation sites (N-methyl/N-ethyl adjacent to an activating group) is 1. The summed E-state index contributed by atoms with van der Waals surface area (Å²) in [5.74, 6) is 1.38. The summed E-state index contributed by atoms with van der Waals surface area (Å²) in [6.07, 6.45) is 3.99. The molecule has 0 aromatic heterocycles. The maximum absolute atomic E-state index is 12.3. The molecule has 1 fully saturated rings. The highest BCUT2D eigenvalue weighted by atomic mass is 32.2. The number of nitrogen functional groups attached to an aromatic ring is 1. The molecule has 0 radical (unpaired) electrons. The number of carbonyl (C=O) groups excluding carboxylic acids is 1. The molecule has 2 atom stereocenters. The number of rotatable bonds is 5. The zero-order chi connectivity index (χ0) is 14.5. The van der Waals surface area contributed by atoms with Crippen LogP contribution in [0.5, 0.6) is 0 Å². The summed E-state index contributed by atoms with van der Waals surface area (Å²) in [7, 11) is 1.95. The lowest BCUT2D eigenvalue weighted by Crippen LogP contribution is -2.36. The number of hydrogen-bond acceptors (Lipinski definition) is 3. The summed E-state index contributed by atoms with van der Waals surface area (Å²) in [5, 5.41) is 0.733. The van der Waals surface area contributed by atoms with Crippen LogP contribution in [0.25, 0.3) is 0 Å². The van der Waals surface area contributed by atoms with Crippen molar-refractivity contribution in [2.24, 2.45) is 0 Å². The van der Waals surface area contributed by atoms with Gasteiger partial charge in [-0.1, -0.05) is 19.1 Å². The zero-order valence-electron chi connectivity index (χ0n) is 12.3. The molecule has 0 saturated heterocycles. The molecular weight excluding hydrogens is 268 g/mol. The smallest absolute Gasteiger partial charge is 0.226 e. The van der Waals surface area contributed by atoms with E-state index in [2.05, 4.69) is 6.92 Å². The molecular formula is C16H24N2OS. The highest BCUT2D eigenvalue weighted by Gasteiger charge is 2.29. The first-order chi connectivity index (χ1) is 9.60. The van der Waals surface area contributed by atoms with Crippen molar-refractivity contribution >= 4 is 23.4 Å². The number of anilines is 1. The SMILES string of the molecule is CCSC1CCC(N(C)C(=O)Cc2ccc(N)cc2)C1. The second-order valence-electron chi connectivity index (χ2n) is 5.47. The van der Waals surface area contributed by atoms with Gasteiger partial charge in [0.05, 0.1) is 6.42 Å². The van der Waals surface area contributed by atoms with Crippen LogP contribution in [0.2, 0.25) is 0 Å². The summed E-state index contributed by atoms with van der Waals surface area (Å²) >= 11 is 2.03. The van der Waals surface area contributed by atoms with Gasteiger partial charge in [0.15, 0.2) is 0 Å². The van der Waals surface area contributed by atoms with Crippen LogP contribution in [0.3, 0.4) is 0 Å². The van der Waals surface area contributed by atoms with E-state index < -0.39 is 0 Å². The third kappa shape index (κ3) is 3.92. The summed E-state index contributed by atoms with van der Waals surface area (Å²) in [6.45, 7) is 2.20. The third-order valence-corrected chi connectivity index (χ3v) is 5.27. The van der Waals surface area contributed by atoms with E-state index in [1.54, 1.807) is 0 Å². The largest absolute Gasteiger partial charge is 0.399 e. The summed E-state index contributed by atoms with van der Waals surface area (Å²) in [5.41, 5.74) is 7.44. The zero-order valence-corrected chi connectivity index (χ0v) is 13.2. The van der Waals surface area contributed by atoms with E-state index in [1.807, 2.05) is 48.0 Å². The van der Waals surface area contributed by atoms with E-state index in [9.17, 15) is 4.79 Å². The minimum Gasteiger partial charge on any atom is -0.399 e. The van der Waals surface area contributed by atoms with Gasteiger partial charge in [0.1, 0.15) is 0 Å². The Morgan fingerprint density at radius 2 is 2.05 bits per heavy atom. The highest BCUT2D eigenvalue weighted by molar-refractivity contribution is 7.99. The van der Waals surface area contributed by atoms with Gasteiger partial charge in [-0.2, -0.15) is 11.8 Å². The summed E-state index contributed by atoms with van der Waals surface area (Å²) < 4.78 is 0. The van der Waals surface area contributed by atoms with E-state index in [1.165, 1.54) is 12.2 Å². The van der Waals surface area contributed by atoms with Crippen molar-refractivity contribution in [1.82, 2.24) is 4.90 Å². The Kier molecular flexibility index (Phi) is 5.35. The standard InChI is InChI=1S/C16H24N2OS/c1-3-20-15-9-8-14(11-15)18(2)16(19)10-12-4-6-13(17)7-5-12/h4-7,14-15H,3,8-11,17H2,1-2H3. The lowest BCUT2D eigenvalue weighted by atomic mass is 10.1. The number of carbonyl (C=O) groups is 1. The first kappa shape index (κ1) is 15.2. The van der Waals surface area contributed by atoms with Crippen LogP contribution in [0.4, 0.5) is 5.69 Å². The van der Waals surface area contributed by atoms with Crippen molar-refractivity contribution in [2.45, 2.75) is 43.9 Å². The molecule has 2 N–H and O–H groups in total. The van der Waals surface area contributed by atoms with Gasteiger partial charge in [0, 0.05) is 24.0 Å². The highest BCUT2D eigenvalue weighted by Crippen LogP contribution is 2.32. The molecule has 20 heavy (non-hydrogen) atoms. The van der Waals surface area contributed by atoms with Gasteiger partial charge >= 0.3 is 0 Å². The van der Waals surface area contributed by atoms with Crippen LogP contribution in [0.15, 0.2) is 24.3 Å². The third-order valence-electron chi connectivity index (χ3n) is 4.04. The number of nitrogens with two attached hydrogens (primary N) is 1. The lowest BCUT2D eigenvalue weighted by molar-refractivity contribution is -0.131. The van der Waals surface area contributed by atoms with E-state index >= 15 is 0 Å². The van der Waals surface area contributed by atoms with Gasteiger partial charge in [0.2, 0.25) is 5.91 Å². The van der Waals surface area contributed by atoms with E-state index in [4.69, 9.17) is 5.73 Å². The maximum Gasteiger partial charge on any atom is 0.226 e. The molecule has 1 amide bonds. The van der Waals surface area contributed by atoms with Crippen molar-refractivity contribution < 1.29 is 4.79 Å². The molecule has 4 heteroatoms. The molecule has 0 heterocycles. The van der Waals surface area contributed by atoms with Crippen LogP contribution in [0.1, 0.15) is 31.7 Å². The predicted octanol–water partition coefficient (Wildman–Crippen LogP) is 2.94. The quantitative estimate of drug-likeness (QED) is 0.849. The van der Waals surface area contributed by atoms with E-state index in [0.29, 0.717) is 12.5 Å².